The zero-order valence-corrected chi connectivity index (χ0v) is 14.0. The van der Waals surface area contributed by atoms with Gasteiger partial charge in [0.25, 0.3) is 0 Å². The van der Waals surface area contributed by atoms with Gasteiger partial charge in [0.2, 0.25) is 10.0 Å². The summed E-state index contributed by atoms with van der Waals surface area (Å²) < 4.78 is 32.3. The van der Waals surface area contributed by atoms with E-state index in [0.717, 1.165) is 0 Å². The summed E-state index contributed by atoms with van der Waals surface area (Å²) in [5.41, 5.74) is 0.950. The molecule has 0 aliphatic carbocycles. The van der Waals surface area contributed by atoms with E-state index in [4.69, 9.17) is 27.7 Å². The minimum absolute atomic E-state index is 0.0550. The standard InChI is InChI=1S/C13H14Cl2N2O3S/c1-7(11-5-4-10(14)6-12(11)15)17-21(18,19)13-8(2)16-20-9(13)3/h4-7,17H,1-3H3/t7-/m1/s1. The number of rotatable bonds is 4. The van der Waals surface area contributed by atoms with Crippen molar-refractivity contribution in [2.45, 2.75) is 31.7 Å². The fraction of sp³-hybridized carbons (Fsp3) is 0.308. The summed E-state index contributed by atoms with van der Waals surface area (Å²) in [6.07, 6.45) is 0. The van der Waals surface area contributed by atoms with Crippen molar-refractivity contribution in [3.05, 3.63) is 45.3 Å². The second kappa shape index (κ2) is 5.96. The molecule has 0 saturated carbocycles. The van der Waals surface area contributed by atoms with Crippen LogP contribution >= 0.6 is 23.2 Å². The van der Waals surface area contributed by atoms with E-state index in [2.05, 4.69) is 9.88 Å². The van der Waals surface area contributed by atoms with Gasteiger partial charge in [0.15, 0.2) is 5.76 Å². The number of hydrogen-bond acceptors (Lipinski definition) is 4. The first-order valence-electron chi connectivity index (χ1n) is 6.12. The van der Waals surface area contributed by atoms with Crippen molar-refractivity contribution in [1.82, 2.24) is 9.88 Å². The normalized spacial score (nSPS) is 13.4. The Hall–Kier alpha value is -1.08. The Bertz CT molecular complexity index is 752. The van der Waals surface area contributed by atoms with Crippen LogP contribution in [0.1, 0.15) is 30.0 Å². The lowest BCUT2D eigenvalue weighted by Crippen LogP contribution is -2.27. The maximum absolute atomic E-state index is 12.4. The lowest BCUT2D eigenvalue weighted by molar-refractivity contribution is 0.390. The van der Waals surface area contributed by atoms with Gasteiger partial charge in [0.05, 0.1) is 0 Å². The maximum atomic E-state index is 12.4. The molecule has 1 aromatic heterocycles. The molecule has 0 bridgehead atoms. The van der Waals surface area contributed by atoms with Crippen LogP contribution in [0, 0.1) is 13.8 Å². The third-order valence-electron chi connectivity index (χ3n) is 3.00. The Balaban J connectivity index is 2.32. The summed E-state index contributed by atoms with van der Waals surface area (Å²) in [7, 11) is -3.75. The molecule has 1 aromatic carbocycles. The highest BCUT2D eigenvalue weighted by Gasteiger charge is 2.26. The summed E-state index contributed by atoms with van der Waals surface area (Å²) >= 11 is 11.9. The highest BCUT2D eigenvalue weighted by Crippen LogP contribution is 2.28. The molecule has 8 heteroatoms. The molecule has 1 atom stereocenters. The maximum Gasteiger partial charge on any atom is 0.246 e. The molecule has 114 valence electrons. The fourth-order valence-corrected chi connectivity index (χ4v) is 4.19. The Labute approximate surface area is 133 Å². The highest BCUT2D eigenvalue weighted by atomic mass is 35.5. The molecule has 1 N–H and O–H groups in total. The molecular weight excluding hydrogens is 335 g/mol. The van der Waals surface area contributed by atoms with Gasteiger partial charge in [-0.25, -0.2) is 13.1 Å². The van der Waals surface area contributed by atoms with Crippen LogP contribution < -0.4 is 4.72 Å². The molecule has 0 aliphatic heterocycles. The average Bonchev–Trinajstić information content (AvgIpc) is 2.68. The van der Waals surface area contributed by atoms with E-state index in [0.29, 0.717) is 21.3 Å². The fourth-order valence-electron chi connectivity index (χ4n) is 2.07. The molecule has 1 heterocycles. The average molecular weight is 349 g/mol. The molecule has 0 radical (unpaired) electrons. The van der Waals surface area contributed by atoms with Gasteiger partial charge < -0.3 is 4.52 Å². The first kappa shape index (κ1) is 16.3. The quantitative estimate of drug-likeness (QED) is 0.915. The van der Waals surface area contributed by atoms with Gasteiger partial charge in [-0.15, -0.1) is 0 Å². The zero-order valence-electron chi connectivity index (χ0n) is 11.6. The van der Waals surface area contributed by atoms with Crippen LogP contribution in [0.5, 0.6) is 0 Å². The molecule has 5 nitrogen and oxygen atoms in total. The topological polar surface area (TPSA) is 72.2 Å². The molecule has 21 heavy (non-hydrogen) atoms. The Morgan fingerprint density at radius 1 is 1.29 bits per heavy atom. The zero-order chi connectivity index (χ0) is 15.8. The summed E-state index contributed by atoms with van der Waals surface area (Å²) in [5, 5.41) is 4.54. The minimum Gasteiger partial charge on any atom is -0.360 e. The van der Waals surface area contributed by atoms with Crippen molar-refractivity contribution in [3.8, 4) is 0 Å². The van der Waals surface area contributed by atoms with Crippen LogP contribution in [0.2, 0.25) is 10.0 Å². The van der Waals surface area contributed by atoms with Crippen LogP contribution in [0.4, 0.5) is 0 Å². The van der Waals surface area contributed by atoms with Gasteiger partial charge in [-0.3, -0.25) is 0 Å². The second-order valence-corrected chi connectivity index (χ2v) is 7.16. The van der Waals surface area contributed by atoms with Gasteiger partial charge in [0.1, 0.15) is 10.6 Å². The summed E-state index contributed by atoms with van der Waals surface area (Å²) in [4.78, 5) is 0.0550. The Morgan fingerprint density at radius 3 is 2.48 bits per heavy atom. The van der Waals surface area contributed by atoms with Gasteiger partial charge in [0, 0.05) is 16.1 Å². The molecule has 0 aliphatic rings. The van der Waals surface area contributed by atoms with Gasteiger partial charge >= 0.3 is 0 Å². The molecular formula is C13H14Cl2N2O3S. The lowest BCUT2D eigenvalue weighted by atomic mass is 10.1. The van der Waals surface area contributed by atoms with Crippen LogP contribution in [-0.2, 0) is 10.0 Å². The Morgan fingerprint density at radius 2 is 1.95 bits per heavy atom. The SMILES string of the molecule is Cc1noc(C)c1S(=O)(=O)N[C@H](C)c1ccc(Cl)cc1Cl. The van der Waals surface area contributed by atoms with Crippen LogP contribution in [-0.4, -0.2) is 13.6 Å². The van der Waals surface area contributed by atoms with Gasteiger partial charge in [-0.2, -0.15) is 0 Å². The first-order chi connectivity index (χ1) is 9.72. The van der Waals surface area contributed by atoms with E-state index in [-0.39, 0.29) is 10.7 Å². The largest absolute Gasteiger partial charge is 0.360 e. The van der Waals surface area contributed by atoms with Gasteiger partial charge in [-0.05, 0) is 38.5 Å². The number of nitrogens with zero attached hydrogens (tertiary/aromatic N) is 1. The smallest absolute Gasteiger partial charge is 0.246 e. The summed E-state index contributed by atoms with van der Waals surface area (Å²) in [6.45, 7) is 4.82. The lowest BCUT2D eigenvalue weighted by Gasteiger charge is -2.16. The summed E-state index contributed by atoms with van der Waals surface area (Å²) in [6, 6.07) is 4.39. The van der Waals surface area contributed by atoms with Crippen molar-refractivity contribution >= 4 is 33.2 Å². The van der Waals surface area contributed by atoms with Crippen molar-refractivity contribution in [2.24, 2.45) is 0 Å². The number of nitrogens with one attached hydrogen (secondary N) is 1. The van der Waals surface area contributed by atoms with E-state index < -0.39 is 16.1 Å². The number of aryl methyl sites for hydroxylation is 2. The van der Waals surface area contributed by atoms with E-state index >= 15 is 0 Å². The number of hydrogen-bond donors (Lipinski definition) is 1. The third kappa shape index (κ3) is 3.40. The molecule has 0 saturated heterocycles. The minimum atomic E-state index is -3.75. The molecule has 0 fully saturated rings. The van der Waals surface area contributed by atoms with E-state index in [1.165, 1.54) is 0 Å². The number of aromatic nitrogens is 1. The van der Waals surface area contributed by atoms with Crippen LogP contribution in [0.25, 0.3) is 0 Å². The van der Waals surface area contributed by atoms with Crippen molar-refractivity contribution in [3.63, 3.8) is 0 Å². The molecule has 0 unspecified atom stereocenters. The predicted octanol–water partition coefficient (Wildman–Crippen LogP) is 3.64. The van der Waals surface area contributed by atoms with E-state index in [9.17, 15) is 8.42 Å². The predicted molar refractivity (Wildman–Crippen MR) is 81.2 cm³/mol. The first-order valence-corrected chi connectivity index (χ1v) is 8.36. The van der Waals surface area contributed by atoms with Crippen LogP contribution in [0.15, 0.2) is 27.6 Å². The van der Waals surface area contributed by atoms with E-state index in [1.54, 1.807) is 39.0 Å². The highest BCUT2D eigenvalue weighted by molar-refractivity contribution is 7.89. The molecule has 2 aromatic rings. The van der Waals surface area contributed by atoms with Crippen molar-refractivity contribution in [2.75, 3.05) is 0 Å². The van der Waals surface area contributed by atoms with Crippen molar-refractivity contribution < 1.29 is 12.9 Å². The number of sulfonamides is 1. The number of benzene rings is 1. The van der Waals surface area contributed by atoms with Crippen LogP contribution in [0.3, 0.4) is 0 Å². The van der Waals surface area contributed by atoms with Crippen molar-refractivity contribution in [1.29, 1.82) is 0 Å². The third-order valence-corrected chi connectivity index (χ3v) is 5.34. The number of halogens is 2. The van der Waals surface area contributed by atoms with E-state index in [1.807, 2.05) is 0 Å². The Kier molecular flexibility index (Phi) is 4.63. The molecule has 0 amide bonds. The molecule has 2 rings (SSSR count). The summed E-state index contributed by atoms with van der Waals surface area (Å²) in [5.74, 6) is 0.245. The second-order valence-electron chi connectivity index (χ2n) is 4.66. The molecule has 0 spiro atoms. The monoisotopic (exact) mass is 348 g/mol. The van der Waals surface area contributed by atoms with Gasteiger partial charge in [-0.1, -0.05) is 34.4 Å².